The van der Waals surface area contributed by atoms with E-state index in [4.69, 9.17) is 23.2 Å². The van der Waals surface area contributed by atoms with Crippen LogP contribution in [0.1, 0.15) is 12.0 Å². The van der Waals surface area contributed by atoms with Crippen molar-refractivity contribution in [1.29, 1.82) is 0 Å². The first-order valence-electron chi connectivity index (χ1n) is 6.95. The molecule has 2 aromatic rings. The van der Waals surface area contributed by atoms with E-state index in [1.54, 1.807) is 12.1 Å². The lowest BCUT2D eigenvalue weighted by atomic mass is 9.95. The lowest BCUT2D eigenvalue weighted by Crippen LogP contribution is -2.32. The van der Waals surface area contributed by atoms with E-state index < -0.39 is 17.8 Å². The third kappa shape index (κ3) is 5.27. The lowest BCUT2D eigenvalue weighted by molar-refractivity contribution is -0.306. The summed E-state index contributed by atoms with van der Waals surface area (Å²) in [6, 6.07) is 13.9. The standard InChI is InChI=1S/C17H15Cl2NO3/c18-14-7-6-13(10-15(14)19)20-17(23)12(9-16(21)22)8-11-4-2-1-3-5-11/h1-7,10,12H,8-9H2,(H,20,23)(H,21,22)/p-1/t12-/m0/s1. The molecule has 1 amide bonds. The Bertz CT molecular complexity index is 704. The van der Waals surface area contributed by atoms with Gasteiger partial charge in [-0.25, -0.2) is 0 Å². The van der Waals surface area contributed by atoms with E-state index in [9.17, 15) is 14.7 Å². The summed E-state index contributed by atoms with van der Waals surface area (Å²) >= 11 is 11.7. The van der Waals surface area contributed by atoms with Crippen LogP contribution in [0.5, 0.6) is 0 Å². The summed E-state index contributed by atoms with van der Waals surface area (Å²) in [5.74, 6) is -2.41. The fourth-order valence-corrected chi connectivity index (χ4v) is 2.47. The fraction of sp³-hybridized carbons (Fsp3) is 0.176. The summed E-state index contributed by atoms with van der Waals surface area (Å²) in [4.78, 5) is 23.3. The molecule has 2 aromatic carbocycles. The van der Waals surface area contributed by atoms with E-state index >= 15 is 0 Å². The Kier molecular flexibility index (Phi) is 6.02. The van der Waals surface area contributed by atoms with Crippen molar-refractivity contribution >= 4 is 40.8 Å². The van der Waals surface area contributed by atoms with E-state index in [1.807, 2.05) is 30.3 Å². The molecular formula is C17H14Cl2NO3-. The van der Waals surface area contributed by atoms with Crippen LogP contribution < -0.4 is 10.4 Å². The molecule has 0 aliphatic carbocycles. The van der Waals surface area contributed by atoms with Crippen molar-refractivity contribution < 1.29 is 14.7 Å². The molecule has 0 fully saturated rings. The van der Waals surface area contributed by atoms with Crippen molar-refractivity contribution in [3.63, 3.8) is 0 Å². The van der Waals surface area contributed by atoms with Crippen LogP contribution in [0.2, 0.25) is 10.0 Å². The molecule has 0 saturated carbocycles. The second kappa shape index (κ2) is 7.99. The molecule has 1 atom stereocenters. The normalized spacial score (nSPS) is 11.7. The van der Waals surface area contributed by atoms with Gasteiger partial charge in [-0.3, -0.25) is 4.79 Å². The van der Waals surface area contributed by atoms with Gasteiger partial charge in [-0.1, -0.05) is 53.5 Å². The van der Waals surface area contributed by atoms with Crippen molar-refractivity contribution in [2.45, 2.75) is 12.8 Å². The number of carbonyl (C=O) groups excluding carboxylic acids is 2. The number of rotatable bonds is 6. The van der Waals surface area contributed by atoms with Crippen LogP contribution in [0.3, 0.4) is 0 Å². The topological polar surface area (TPSA) is 69.2 Å². The number of carboxylic acid groups (broad SMARTS) is 1. The minimum atomic E-state index is -1.27. The van der Waals surface area contributed by atoms with Gasteiger partial charge in [0.1, 0.15) is 0 Å². The number of hydrogen-bond donors (Lipinski definition) is 1. The Balaban J connectivity index is 2.12. The van der Waals surface area contributed by atoms with E-state index in [0.29, 0.717) is 22.2 Å². The van der Waals surface area contributed by atoms with Gasteiger partial charge in [-0.05, 0) is 36.6 Å². The predicted octanol–water partition coefficient (Wildman–Crippen LogP) is 2.93. The fourth-order valence-electron chi connectivity index (χ4n) is 2.18. The zero-order valence-corrected chi connectivity index (χ0v) is 13.6. The van der Waals surface area contributed by atoms with E-state index in [1.165, 1.54) is 6.07 Å². The van der Waals surface area contributed by atoms with Gasteiger partial charge < -0.3 is 15.2 Å². The number of carboxylic acids is 1. The molecule has 0 bridgehead atoms. The van der Waals surface area contributed by atoms with Crippen molar-refractivity contribution in [3.8, 4) is 0 Å². The highest BCUT2D eigenvalue weighted by atomic mass is 35.5. The lowest BCUT2D eigenvalue weighted by Gasteiger charge is -2.17. The predicted molar refractivity (Wildman–Crippen MR) is 88.4 cm³/mol. The molecule has 0 aliphatic heterocycles. The number of carbonyl (C=O) groups is 2. The average molecular weight is 351 g/mol. The molecule has 6 heteroatoms. The van der Waals surface area contributed by atoms with E-state index in [-0.39, 0.29) is 6.42 Å². The van der Waals surface area contributed by atoms with Gasteiger partial charge in [0.05, 0.1) is 10.0 Å². The number of amides is 1. The SMILES string of the molecule is O=C([O-])C[C@H](Cc1ccccc1)C(=O)Nc1ccc(Cl)c(Cl)c1. The molecule has 4 nitrogen and oxygen atoms in total. The molecular weight excluding hydrogens is 337 g/mol. The first-order chi connectivity index (χ1) is 11.0. The first kappa shape index (κ1) is 17.3. The Morgan fingerprint density at radius 2 is 1.74 bits per heavy atom. The molecule has 1 N–H and O–H groups in total. The third-order valence-corrected chi connectivity index (χ3v) is 4.03. The van der Waals surface area contributed by atoms with Crippen LogP contribution in [0.15, 0.2) is 48.5 Å². The zero-order valence-electron chi connectivity index (χ0n) is 12.1. The van der Waals surface area contributed by atoms with Crippen LogP contribution in [-0.4, -0.2) is 11.9 Å². The number of benzene rings is 2. The van der Waals surface area contributed by atoms with Crippen LogP contribution in [0.25, 0.3) is 0 Å². The quantitative estimate of drug-likeness (QED) is 0.870. The van der Waals surface area contributed by atoms with Crippen LogP contribution >= 0.6 is 23.2 Å². The second-order valence-corrected chi connectivity index (χ2v) is 5.90. The van der Waals surface area contributed by atoms with Gasteiger partial charge in [0.25, 0.3) is 0 Å². The number of anilines is 1. The maximum absolute atomic E-state index is 12.4. The summed E-state index contributed by atoms with van der Waals surface area (Å²) in [6.07, 6.45) is -0.0516. The molecule has 0 unspecified atom stereocenters. The van der Waals surface area contributed by atoms with Gasteiger partial charge >= 0.3 is 0 Å². The van der Waals surface area contributed by atoms with Gasteiger partial charge in [0, 0.05) is 17.6 Å². The van der Waals surface area contributed by atoms with Gasteiger partial charge in [0.2, 0.25) is 5.91 Å². The van der Waals surface area contributed by atoms with E-state index in [2.05, 4.69) is 5.32 Å². The number of halogens is 2. The highest BCUT2D eigenvalue weighted by Gasteiger charge is 2.19. The summed E-state index contributed by atoms with van der Waals surface area (Å²) in [7, 11) is 0. The van der Waals surface area contributed by atoms with Gasteiger partial charge in [-0.2, -0.15) is 0 Å². The summed E-state index contributed by atoms with van der Waals surface area (Å²) in [5.41, 5.74) is 1.34. The molecule has 2 rings (SSSR count). The van der Waals surface area contributed by atoms with Crippen molar-refractivity contribution in [2.75, 3.05) is 5.32 Å². The summed E-state index contributed by atoms with van der Waals surface area (Å²) < 4.78 is 0. The first-order valence-corrected chi connectivity index (χ1v) is 7.71. The van der Waals surface area contributed by atoms with Crippen molar-refractivity contribution in [2.24, 2.45) is 5.92 Å². The Morgan fingerprint density at radius 3 is 2.35 bits per heavy atom. The molecule has 120 valence electrons. The highest BCUT2D eigenvalue weighted by Crippen LogP contribution is 2.25. The number of aliphatic carboxylic acids is 1. The number of hydrogen-bond acceptors (Lipinski definition) is 3. The van der Waals surface area contributed by atoms with Crippen molar-refractivity contribution in [1.82, 2.24) is 0 Å². The third-order valence-electron chi connectivity index (χ3n) is 3.30. The Labute approximate surface area is 144 Å². The van der Waals surface area contributed by atoms with Crippen LogP contribution in [0, 0.1) is 5.92 Å². The van der Waals surface area contributed by atoms with Crippen LogP contribution in [-0.2, 0) is 16.0 Å². The largest absolute Gasteiger partial charge is 0.550 e. The minimum absolute atomic E-state index is 0.308. The zero-order chi connectivity index (χ0) is 16.8. The number of nitrogens with one attached hydrogen (secondary N) is 1. The van der Waals surface area contributed by atoms with Crippen molar-refractivity contribution in [3.05, 3.63) is 64.1 Å². The molecule has 0 heterocycles. The maximum Gasteiger partial charge on any atom is 0.228 e. The molecule has 0 radical (unpaired) electrons. The molecule has 0 spiro atoms. The minimum Gasteiger partial charge on any atom is -0.550 e. The summed E-state index contributed by atoms with van der Waals surface area (Å²) in [5, 5.41) is 14.3. The average Bonchev–Trinajstić information content (AvgIpc) is 2.51. The Hall–Kier alpha value is -2.04. The highest BCUT2D eigenvalue weighted by molar-refractivity contribution is 6.42. The summed E-state index contributed by atoms with van der Waals surface area (Å²) in [6.45, 7) is 0. The molecule has 0 saturated heterocycles. The molecule has 23 heavy (non-hydrogen) atoms. The maximum atomic E-state index is 12.4. The van der Waals surface area contributed by atoms with Gasteiger partial charge in [0.15, 0.2) is 0 Å². The van der Waals surface area contributed by atoms with Crippen LogP contribution in [0.4, 0.5) is 5.69 Å². The molecule has 0 aliphatic rings. The monoisotopic (exact) mass is 350 g/mol. The molecule has 0 aromatic heterocycles. The Morgan fingerprint density at radius 1 is 1.04 bits per heavy atom. The second-order valence-electron chi connectivity index (χ2n) is 5.08. The van der Waals surface area contributed by atoms with E-state index in [0.717, 1.165) is 5.56 Å². The van der Waals surface area contributed by atoms with Gasteiger partial charge in [-0.15, -0.1) is 0 Å². The smallest absolute Gasteiger partial charge is 0.228 e.